The van der Waals surface area contributed by atoms with Gasteiger partial charge >= 0.3 is 0 Å². The van der Waals surface area contributed by atoms with Crippen LogP contribution < -0.4 is 0 Å². The molecule has 5 heteroatoms. The van der Waals surface area contributed by atoms with Crippen molar-refractivity contribution >= 4 is 11.0 Å². The van der Waals surface area contributed by atoms with Crippen molar-refractivity contribution in [2.75, 3.05) is 0 Å². The fourth-order valence-electron chi connectivity index (χ4n) is 9.31. The third-order valence-electron chi connectivity index (χ3n) is 11.9. The lowest BCUT2D eigenvalue weighted by molar-refractivity contribution is 0.584. The molecule has 0 saturated carbocycles. The van der Waals surface area contributed by atoms with Crippen LogP contribution in [0.25, 0.3) is 89.8 Å². The first-order valence-corrected chi connectivity index (χ1v) is 19.6. The van der Waals surface area contributed by atoms with E-state index in [1.165, 1.54) is 44.5 Å². The number of nitrogens with zero attached hydrogens (tertiary/aromatic N) is 4. The van der Waals surface area contributed by atoms with E-state index in [0.717, 1.165) is 55.8 Å². The van der Waals surface area contributed by atoms with Crippen molar-refractivity contribution in [3.63, 3.8) is 0 Å². The Morgan fingerprint density at radius 1 is 0.310 bits per heavy atom. The Hall–Kier alpha value is -7.76. The molecule has 0 fully saturated rings. The van der Waals surface area contributed by atoms with Crippen LogP contribution in [0, 0.1) is 0 Å². The van der Waals surface area contributed by atoms with Gasteiger partial charge in [-0.3, -0.25) is 0 Å². The number of aromatic nitrogens is 4. The zero-order chi connectivity index (χ0) is 38.2. The highest BCUT2D eigenvalue weighted by Gasteiger charge is 2.51. The zero-order valence-electron chi connectivity index (χ0n) is 31.2. The number of para-hydroxylation sites is 2. The van der Waals surface area contributed by atoms with E-state index in [9.17, 15) is 0 Å². The highest BCUT2D eigenvalue weighted by Crippen LogP contribution is 2.63. The summed E-state index contributed by atoms with van der Waals surface area (Å²) in [6.45, 7) is 0. The van der Waals surface area contributed by atoms with Crippen LogP contribution in [-0.2, 0) is 5.41 Å². The van der Waals surface area contributed by atoms with Gasteiger partial charge in [-0.05, 0) is 98.1 Å². The Labute approximate surface area is 335 Å². The van der Waals surface area contributed by atoms with Crippen molar-refractivity contribution in [2.24, 2.45) is 0 Å². The van der Waals surface area contributed by atoms with E-state index in [-0.39, 0.29) is 0 Å². The number of fused-ring (bicyclic) bond motifs is 11. The molecule has 58 heavy (non-hydrogen) atoms. The molecular weight excluding hydrogens is 709 g/mol. The molecule has 2 heterocycles. The standard InChI is InChI=1S/C53H32N4O/c1-3-13-34(14-4-1)49-50(55-48-22-12-11-21-47(48)54-49)35-25-23-33(24-26-35)37-27-29-41-42-30-28-38(52-57-56-51(58-52)36-15-5-2-6-16-36)32-46(42)53(45(41)31-37)43-19-9-7-17-39(43)40-18-8-10-20-44(40)53/h1-32H. The second-order valence-corrected chi connectivity index (χ2v) is 15.0. The van der Waals surface area contributed by atoms with Crippen LogP contribution in [0.15, 0.2) is 199 Å². The normalized spacial score (nSPS) is 13.0. The number of hydrogen-bond acceptors (Lipinski definition) is 5. The van der Waals surface area contributed by atoms with Crippen LogP contribution in [0.4, 0.5) is 0 Å². The third-order valence-corrected chi connectivity index (χ3v) is 11.9. The van der Waals surface area contributed by atoms with Crippen LogP contribution in [-0.4, -0.2) is 20.2 Å². The van der Waals surface area contributed by atoms with Crippen LogP contribution in [0.5, 0.6) is 0 Å². The van der Waals surface area contributed by atoms with Crippen molar-refractivity contribution < 1.29 is 4.42 Å². The molecule has 0 radical (unpaired) electrons. The minimum Gasteiger partial charge on any atom is -0.416 e. The minimum absolute atomic E-state index is 0.500. The van der Waals surface area contributed by atoms with E-state index in [1.807, 2.05) is 72.8 Å². The van der Waals surface area contributed by atoms with E-state index in [0.29, 0.717) is 11.8 Å². The highest BCUT2D eigenvalue weighted by atomic mass is 16.4. The second kappa shape index (κ2) is 12.6. The molecule has 2 aliphatic rings. The van der Waals surface area contributed by atoms with Gasteiger partial charge in [0, 0.05) is 22.3 Å². The van der Waals surface area contributed by atoms with Crippen molar-refractivity contribution in [3.05, 3.63) is 216 Å². The molecule has 2 aromatic heterocycles. The molecule has 0 N–H and O–H groups in total. The minimum atomic E-state index is -0.544. The van der Waals surface area contributed by atoms with Crippen molar-refractivity contribution in [3.8, 4) is 78.8 Å². The molecule has 0 unspecified atom stereocenters. The van der Waals surface area contributed by atoms with Crippen LogP contribution in [0.3, 0.4) is 0 Å². The molecule has 0 bridgehead atoms. The summed E-state index contributed by atoms with van der Waals surface area (Å²) in [6, 6.07) is 68.5. The van der Waals surface area contributed by atoms with Crippen molar-refractivity contribution in [1.82, 2.24) is 20.2 Å². The Bertz CT molecular complexity index is 3180. The lowest BCUT2D eigenvalue weighted by Crippen LogP contribution is -2.26. The fourth-order valence-corrected chi connectivity index (χ4v) is 9.31. The predicted molar refractivity (Wildman–Crippen MR) is 231 cm³/mol. The quantitative estimate of drug-likeness (QED) is 0.176. The average molecular weight is 741 g/mol. The lowest BCUT2D eigenvalue weighted by atomic mass is 9.70. The van der Waals surface area contributed by atoms with Crippen LogP contribution >= 0.6 is 0 Å². The summed E-state index contributed by atoms with van der Waals surface area (Å²) in [5.41, 5.74) is 19.1. The Morgan fingerprint density at radius 3 is 1.33 bits per heavy atom. The summed E-state index contributed by atoms with van der Waals surface area (Å²) in [5.74, 6) is 1.00. The van der Waals surface area contributed by atoms with Gasteiger partial charge in [0.2, 0.25) is 11.8 Å². The van der Waals surface area contributed by atoms with Gasteiger partial charge in [-0.2, -0.15) is 0 Å². The third kappa shape index (κ3) is 4.77. The van der Waals surface area contributed by atoms with E-state index < -0.39 is 5.41 Å². The van der Waals surface area contributed by atoms with Gasteiger partial charge in [0.25, 0.3) is 0 Å². The molecule has 0 atom stereocenters. The summed E-state index contributed by atoms with van der Waals surface area (Å²) < 4.78 is 6.32. The first-order chi connectivity index (χ1) is 28.7. The highest BCUT2D eigenvalue weighted by molar-refractivity contribution is 5.97. The summed E-state index contributed by atoms with van der Waals surface area (Å²) in [5, 5.41) is 8.97. The van der Waals surface area contributed by atoms with Crippen molar-refractivity contribution in [1.29, 1.82) is 0 Å². The summed E-state index contributed by atoms with van der Waals surface area (Å²) in [4.78, 5) is 10.3. The molecule has 8 aromatic carbocycles. The van der Waals surface area contributed by atoms with Gasteiger partial charge < -0.3 is 4.42 Å². The van der Waals surface area contributed by atoms with Gasteiger partial charge in [0.1, 0.15) is 0 Å². The predicted octanol–water partition coefficient (Wildman–Crippen LogP) is 12.7. The zero-order valence-corrected chi connectivity index (χ0v) is 31.2. The SMILES string of the molecule is c1ccc(-c2nnc(-c3ccc4c(c3)C3(c5ccccc5-c5ccccc53)c3cc(-c5ccc(-c6nc7ccccc7nc6-c6ccccc6)cc5)ccc3-4)o2)cc1. The number of hydrogen-bond donors (Lipinski definition) is 0. The Balaban J connectivity index is 1.01. The molecule has 0 aliphatic heterocycles. The summed E-state index contributed by atoms with van der Waals surface area (Å²) >= 11 is 0. The topological polar surface area (TPSA) is 64.7 Å². The molecule has 12 rings (SSSR count). The molecule has 2 aliphatic carbocycles. The molecule has 0 saturated heterocycles. The van der Waals surface area contributed by atoms with Crippen LogP contribution in [0.1, 0.15) is 22.3 Å². The van der Waals surface area contributed by atoms with Gasteiger partial charge in [-0.15, -0.1) is 10.2 Å². The molecule has 270 valence electrons. The molecule has 5 nitrogen and oxygen atoms in total. The summed E-state index contributed by atoms with van der Waals surface area (Å²) in [7, 11) is 0. The van der Waals surface area contributed by atoms with E-state index in [2.05, 4.69) is 132 Å². The molecule has 0 amide bonds. The van der Waals surface area contributed by atoms with Gasteiger partial charge in [-0.1, -0.05) is 152 Å². The first-order valence-electron chi connectivity index (χ1n) is 19.6. The fraction of sp³-hybridized carbons (Fsp3) is 0.0189. The van der Waals surface area contributed by atoms with E-state index in [4.69, 9.17) is 14.4 Å². The van der Waals surface area contributed by atoms with E-state index >= 15 is 0 Å². The molecule has 1 spiro atoms. The monoisotopic (exact) mass is 740 g/mol. The molecular formula is C53H32N4O. The summed E-state index contributed by atoms with van der Waals surface area (Å²) in [6.07, 6.45) is 0. The maximum Gasteiger partial charge on any atom is 0.248 e. The second-order valence-electron chi connectivity index (χ2n) is 15.0. The molecule has 10 aromatic rings. The maximum absolute atomic E-state index is 6.32. The average Bonchev–Trinajstić information content (AvgIpc) is 3.99. The Kier molecular flexibility index (Phi) is 7.07. The first kappa shape index (κ1) is 32.5. The number of benzene rings is 8. The maximum atomic E-state index is 6.32. The number of rotatable bonds is 5. The smallest absolute Gasteiger partial charge is 0.248 e. The van der Waals surface area contributed by atoms with Crippen molar-refractivity contribution in [2.45, 2.75) is 5.41 Å². The largest absolute Gasteiger partial charge is 0.416 e. The van der Waals surface area contributed by atoms with Gasteiger partial charge in [0.05, 0.1) is 27.8 Å². The van der Waals surface area contributed by atoms with Gasteiger partial charge in [0.15, 0.2) is 0 Å². The Morgan fingerprint density at radius 2 is 0.724 bits per heavy atom. The van der Waals surface area contributed by atoms with E-state index in [1.54, 1.807) is 0 Å². The van der Waals surface area contributed by atoms with Gasteiger partial charge in [-0.25, -0.2) is 9.97 Å². The lowest BCUT2D eigenvalue weighted by Gasteiger charge is -2.31. The van der Waals surface area contributed by atoms with Crippen LogP contribution in [0.2, 0.25) is 0 Å².